The first-order chi connectivity index (χ1) is 15.1. The van der Waals surface area contributed by atoms with Gasteiger partial charge in [-0.1, -0.05) is 46.3 Å². The molecule has 5 rings (SSSR count). The first-order valence-electron chi connectivity index (χ1n) is 10.3. The van der Waals surface area contributed by atoms with E-state index in [1.165, 1.54) is 5.56 Å². The summed E-state index contributed by atoms with van der Waals surface area (Å²) < 4.78 is 8.65. The molecule has 1 saturated heterocycles. The minimum atomic E-state index is 0.0292. The Morgan fingerprint density at radius 1 is 1.06 bits per heavy atom. The smallest absolute Gasteiger partial charge is 0.227 e. The van der Waals surface area contributed by atoms with Crippen LogP contribution in [0.1, 0.15) is 23.7 Å². The zero-order valence-electron chi connectivity index (χ0n) is 17.2. The van der Waals surface area contributed by atoms with E-state index >= 15 is 0 Å². The fourth-order valence-electron chi connectivity index (χ4n) is 4.25. The number of anilines is 1. The second kappa shape index (κ2) is 8.19. The average Bonchev–Trinajstić information content (AvgIpc) is 3.36. The van der Waals surface area contributed by atoms with Crippen LogP contribution in [0, 0.1) is 0 Å². The van der Waals surface area contributed by atoms with Gasteiger partial charge in [-0.15, -0.1) is 0 Å². The molecule has 0 radical (unpaired) electrons. The lowest BCUT2D eigenvalue weighted by Gasteiger charge is -2.18. The molecule has 3 aromatic carbocycles. The van der Waals surface area contributed by atoms with E-state index in [-0.39, 0.29) is 11.8 Å². The Morgan fingerprint density at radius 3 is 2.68 bits per heavy atom. The van der Waals surface area contributed by atoms with Crippen molar-refractivity contribution in [2.24, 2.45) is 0 Å². The van der Waals surface area contributed by atoms with Gasteiger partial charge in [0.25, 0.3) is 0 Å². The highest BCUT2D eigenvalue weighted by atomic mass is 79.9. The number of fused-ring (bicyclic) bond motifs is 1. The molecule has 0 saturated carbocycles. The van der Waals surface area contributed by atoms with Gasteiger partial charge in [-0.2, -0.15) is 0 Å². The first-order valence-corrected chi connectivity index (χ1v) is 11.1. The summed E-state index contributed by atoms with van der Waals surface area (Å²) in [6.07, 6.45) is 0.445. The molecule has 0 N–H and O–H groups in total. The normalized spacial score (nSPS) is 16.3. The van der Waals surface area contributed by atoms with E-state index in [0.717, 1.165) is 32.8 Å². The summed E-state index contributed by atoms with van der Waals surface area (Å²) in [5.41, 5.74) is 4.11. The Hall–Kier alpha value is -3.12. The molecule has 0 spiro atoms. The van der Waals surface area contributed by atoms with E-state index in [9.17, 15) is 4.79 Å². The quantitative estimate of drug-likeness (QED) is 0.389. The van der Waals surface area contributed by atoms with Crippen molar-refractivity contribution >= 4 is 38.6 Å². The highest BCUT2D eigenvalue weighted by molar-refractivity contribution is 9.10. The van der Waals surface area contributed by atoms with Gasteiger partial charge in [0.05, 0.1) is 18.1 Å². The van der Waals surface area contributed by atoms with Crippen molar-refractivity contribution < 1.29 is 9.53 Å². The monoisotopic (exact) mass is 475 g/mol. The Morgan fingerprint density at radius 2 is 1.87 bits per heavy atom. The molecule has 6 heteroatoms. The van der Waals surface area contributed by atoms with Crippen LogP contribution in [0.25, 0.3) is 11.0 Å². The van der Waals surface area contributed by atoms with E-state index in [1.54, 1.807) is 7.11 Å². The number of para-hydroxylation sites is 2. The molecule has 1 fully saturated rings. The minimum Gasteiger partial charge on any atom is -0.497 e. The average molecular weight is 476 g/mol. The number of hydrogen-bond acceptors (Lipinski definition) is 3. The molecule has 1 amide bonds. The van der Waals surface area contributed by atoms with E-state index in [1.807, 2.05) is 47.4 Å². The number of ether oxygens (including phenoxy) is 1. The van der Waals surface area contributed by atoms with E-state index < -0.39 is 0 Å². The number of carbonyl (C=O) groups is 1. The van der Waals surface area contributed by atoms with E-state index in [4.69, 9.17) is 9.72 Å². The summed E-state index contributed by atoms with van der Waals surface area (Å²) in [4.78, 5) is 19.7. The van der Waals surface area contributed by atoms with E-state index in [2.05, 4.69) is 50.8 Å². The predicted molar refractivity (Wildman–Crippen MR) is 126 cm³/mol. The highest BCUT2D eigenvalue weighted by Gasteiger charge is 2.35. The number of imidazole rings is 1. The van der Waals surface area contributed by atoms with Gasteiger partial charge in [-0.25, -0.2) is 4.98 Å². The molecule has 2 heterocycles. The van der Waals surface area contributed by atoms with Gasteiger partial charge in [0.2, 0.25) is 5.91 Å². The molecule has 1 atom stereocenters. The lowest BCUT2D eigenvalue weighted by atomic mass is 10.1. The number of carbonyl (C=O) groups excluding carboxylic acids is 1. The van der Waals surface area contributed by atoms with Crippen LogP contribution in [0.2, 0.25) is 0 Å². The molecule has 5 nitrogen and oxygen atoms in total. The zero-order chi connectivity index (χ0) is 21.4. The second-order valence-electron chi connectivity index (χ2n) is 7.78. The Balaban J connectivity index is 1.51. The number of rotatable bonds is 5. The van der Waals surface area contributed by atoms with Gasteiger partial charge < -0.3 is 14.2 Å². The number of aromatic nitrogens is 2. The first kappa shape index (κ1) is 19.8. The maximum atomic E-state index is 12.9. The molecule has 156 valence electrons. The summed E-state index contributed by atoms with van der Waals surface area (Å²) in [6.45, 7) is 1.32. The third kappa shape index (κ3) is 3.83. The van der Waals surface area contributed by atoms with Gasteiger partial charge >= 0.3 is 0 Å². The molecule has 1 aliphatic rings. The zero-order valence-corrected chi connectivity index (χ0v) is 18.7. The van der Waals surface area contributed by atoms with Crippen molar-refractivity contribution in [3.63, 3.8) is 0 Å². The van der Waals surface area contributed by atoms with Gasteiger partial charge in [0, 0.05) is 41.7 Å². The lowest BCUT2D eigenvalue weighted by molar-refractivity contribution is -0.117. The molecular formula is C25H22BrN3O2. The number of methoxy groups -OCH3 is 1. The maximum absolute atomic E-state index is 12.9. The highest BCUT2D eigenvalue weighted by Crippen LogP contribution is 2.34. The lowest BCUT2D eigenvalue weighted by Crippen LogP contribution is -2.24. The number of benzene rings is 3. The number of hydrogen-bond donors (Lipinski definition) is 0. The van der Waals surface area contributed by atoms with Gasteiger partial charge in [0.15, 0.2) is 0 Å². The standard InChI is InChI=1S/C25H22BrN3O2/c1-31-21-6-4-5-20(14-21)28-16-18(13-24(28)30)25-27-22-7-2-3-8-23(22)29(25)15-17-9-11-19(26)12-10-17/h2-12,14,18H,13,15-16H2,1H3/t18-/m1/s1. The maximum Gasteiger partial charge on any atom is 0.227 e. The fraction of sp³-hybridized carbons (Fsp3) is 0.200. The molecular weight excluding hydrogens is 454 g/mol. The van der Waals surface area contributed by atoms with Gasteiger partial charge in [-0.05, 0) is 42.0 Å². The van der Waals surface area contributed by atoms with Crippen LogP contribution in [0.4, 0.5) is 5.69 Å². The molecule has 31 heavy (non-hydrogen) atoms. The van der Waals surface area contributed by atoms with E-state index in [0.29, 0.717) is 19.5 Å². The van der Waals surface area contributed by atoms with Crippen molar-refractivity contribution in [1.29, 1.82) is 0 Å². The molecule has 0 aliphatic carbocycles. The fourth-order valence-corrected chi connectivity index (χ4v) is 4.52. The van der Waals surface area contributed by atoms with Gasteiger partial charge in [-0.3, -0.25) is 4.79 Å². The van der Waals surface area contributed by atoms with Crippen molar-refractivity contribution in [2.75, 3.05) is 18.6 Å². The predicted octanol–water partition coefficient (Wildman–Crippen LogP) is 5.38. The number of halogens is 1. The number of nitrogens with zero attached hydrogens (tertiary/aromatic N) is 3. The third-order valence-electron chi connectivity index (χ3n) is 5.79. The number of amides is 1. The molecule has 4 aromatic rings. The van der Waals surface area contributed by atoms with Crippen LogP contribution in [-0.2, 0) is 11.3 Å². The molecule has 0 bridgehead atoms. The third-order valence-corrected chi connectivity index (χ3v) is 6.32. The van der Waals surface area contributed by atoms with Crippen molar-refractivity contribution in [3.8, 4) is 5.75 Å². The second-order valence-corrected chi connectivity index (χ2v) is 8.69. The SMILES string of the molecule is COc1cccc(N2C[C@H](c3nc4ccccc4n3Cc3ccc(Br)cc3)CC2=O)c1. The largest absolute Gasteiger partial charge is 0.497 e. The van der Waals surface area contributed by atoms with Crippen LogP contribution in [0.3, 0.4) is 0 Å². The van der Waals surface area contributed by atoms with Crippen LogP contribution < -0.4 is 9.64 Å². The summed E-state index contributed by atoms with van der Waals surface area (Å²) in [6, 6.07) is 24.2. The molecule has 1 aliphatic heterocycles. The van der Waals surface area contributed by atoms with Crippen molar-refractivity contribution in [2.45, 2.75) is 18.9 Å². The summed E-state index contributed by atoms with van der Waals surface area (Å²) in [5.74, 6) is 1.85. The molecule has 1 aromatic heterocycles. The van der Waals surface area contributed by atoms with Crippen LogP contribution in [0.15, 0.2) is 77.3 Å². The summed E-state index contributed by atoms with van der Waals surface area (Å²) in [5, 5.41) is 0. The van der Waals surface area contributed by atoms with Crippen LogP contribution in [-0.4, -0.2) is 29.1 Å². The Bertz CT molecular complexity index is 1250. The molecule has 0 unspecified atom stereocenters. The van der Waals surface area contributed by atoms with Crippen molar-refractivity contribution in [1.82, 2.24) is 9.55 Å². The summed E-state index contributed by atoms with van der Waals surface area (Å²) >= 11 is 3.51. The Labute approximate surface area is 189 Å². The summed E-state index contributed by atoms with van der Waals surface area (Å²) in [7, 11) is 1.64. The van der Waals surface area contributed by atoms with Crippen LogP contribution >= 0.6 is 15.9 Å². The van der Waals surface area contributed by atoms with Crippen molar-refractivity contribution in [3.05, 3.63) is 88.7 Å². The topological polar surface area (TPSA) is 47.4 Å². The van der Waals surface area contributed by atoms with Crippen LogP contribution in [0.5, 0.6) is 5.75 Å². The minimum absolute atomic E-state index is 0.0292. The van der Waals surface area contributed by atoms with Gasteiger partial charge in [0.1, 0.15) is 11.6 Å². The Kier molecular flexibility index (Phi) is 5.24.